The van der Waals surface area contributed by atoms with Crippen molar-refractivity contribution < 1.29 is 9.59 Å². The summed E-state index contributed by atoms with van der Waals surface area (Å²) in [6.07, 6.45) is 0.412. The van der Waals surface area contributed by atoms with Gasteiger partial charge in [-0.15, -0.1) is 0 Å². The van der Waals surface area contributed by atoms with E-state index in [0.717, 1.165) is 21.7 Å². The van der Waals surface area contributed by atoms with Gasteiger partial charge in [-0.2, -0.15) is 0 Å². The van der Waals surface area contributed by atoms with E-state index in [1.165, 1.54) is 0 Å². The number of anilines is 1. The number of fused-ring (bicyclic) bond motifs is 1. The van der Waals surface area contributed by atoms with Gasteiger partial charge in [-0.25, -0.2) is 10.9 Å². The fraction of sp³-hybridized carbons (Fsp3) is 0.200. The molecule has 2 aromatic carbocycles. The molecule has 1 unspecified atom stereocenters. The number of aromatic amines is 1. The quantitative estimate of drug-likeness (QED) is 0.231. The number of carbonyl (C=O) groups is 2. The summed E-state index contributed by atoms with van der Waals surface area (Å²) in [5.74, 6) is 5.47. The first kappa shape index (κ1) is 18.6. The average Bonchev–Trinajstić information content (AvgIpc) is 3.05. The summed E-state index contributed by atoms with van der Waals surface area (Å²) >= 11 is 0. The van der Waals surface area contributed by atoms with Crippen molar-refractivity contribution in [3.8, 4) is 11.1 Å². The van der Waals surface area contributed by atoms with Crippen LogP contribution in [0.1, 0.15) is 35.8 Å². The van der Waals surface area contributed by atoms with E-state index in [0.29, 0.717) is 23.2 Å². The molecule has 140 valence electrons. The zero-order chi connectivity index (χ0) is 19.7. The van der Waals surface area contributed by atoms with Crippen LogP contribution in [0, 0.1) is 5.92 Å². The third-order valence-corrected chi connectivity index (χ3v) is 4.72. The lowest BCUT2D eigenvalue weighted by Gasteiger charge is -2.17. The Morgan fingerprint density at radius 1 is 1.15 bits per heavy atom. The number of nitrogens with one attached hydrogen (secondary N) is 1. The van der Waals surface area contributed by atoms with Gasteiger partial charge in [0.1, 0.15) is 5.82 Å². The Labute approximate surface area is 157 Å². The zero-order valence-electron chi connectivity index (χ0n) is 15.3. The van der Waals surface area contributed by atoms with Gasteiger partial charge in [-0.3, -0.25) is 9.59 Å². The molecule has 0 saturated carbocycles. The van der Waals surface area contributed by atoms with Gasteiger partial charge < -0.3 is 16.5 Å². The van der Waals surface area contributed by atoms with Crippen molar-refractivity contribution in [1.82, 2.24) is 4.98 Å². The maximum absolute atomic E-state index is 11.8. The van der Waals surface area contributed by atoms with Crippen LogP contribution in [0.3, 0.4) is 0 Å². The first-order valence-electron chi connectivity index (χ1n) is 8.64. The summed E-state index contributed by atoms with van der Waals surface area (Å²) in [5, 5.41) is 1.41. The Kier molecular flexibility index (Phi) is 4.98. The summed E-state index contributed by atoms with van der Waals surface area (Å²) in [6, 6.07) is 13.6. The van der Waals surface area contributed by atoms with Crippen LogP contribution in [0.25, 0.3) is 22.0 Å². The maximum Gasteiger partial charge on any atom is 0.253 e. The Morgan fingerprint density at radius 2 is 1.85 bits per heavy atom. The molecule has 0 saturated heterocycles. The largest absolute Gasteiger partial charge is 0.365 e. The number of nitrogens with zero attached hydrogens (tertiary/aromatic N) is 1. The molecule has 7 nitrogen and oxygen atoms in total. The maximum atomic E-state index is 11.8. The van der Waals surface area contributed by atoms with Crippen molar-refractivity contribution in [3.05, 3.63) is 53.6 Å². The summed E-state index contributed by atoms with van der Waals surface area (Å²) < 4.78 is 0. The van der Waals surface area contributed by atoms with Crippen molar-refractivity contribution >= 4 is 29.0 Å². The standard InChI is InChI=1S/C20H23N5O2/c1-11(2)18(21)14-5-3-4-12(8-14)13-6-7-15-16(9-13)24-20(25(23)10-26)17(15)19(22)27/h3-11,18,24H,21,23H2,1-2H3,(H2,22,27). The molecular weight excluding hydrogens is 342 g/mol. The van der Waals surface area contributed by atoms with E-state index in [2.05, 4.69) is 24.9 Å². The van der Waals surface area contributed by atoms with Crippen LogP contribution in [0.5, 0.6) is 0 Å². The van der Waals surface area contributed by atoms with E-state index in [4.69, 9.17) is 17.3 Å². The van der Waals surface area contributed by atoms with Crippen LogP contribution in [0.4, 0.5) is 5.82 Å². The van der Waals surface area contributed by atoms with Crippen molar-refractivity contribution in [3.63, 3.8) is 0 Å². The number of benzene rings is 2. The molecule has 7 heteroatoms. The van der Waals surface area contributed by atoms with Crippen molar-refractivity contribution in [1.29, 1.82) is 0 Å². The molecule has 0 radical (unpaired) electrons. The van der Waals surface area contributed by atoms with Gasteiger partial charge >= 0.3 is 0 Å². The Morgan fingerprint density at radius 3 is 2.48 bits per heavy atom. The highest BCUT2D eigenvalue weighted by Crippen LogP contribution is 2.32. The second-order valence-electron chi connectivity index (χ2n) is 6.88. The van der Waals surface area contributed by atoms with Gasteiger partial charge in [0.2, 0.25) is 6.41 Å². The number of hydrazine groups is 1. The minimum Gasteiger partial charge on any atom is -0.365 e. The highest BCUT2D eigenvalue weighted by Gasteiger charge is 2.20. The highest BCUT2D eigenvalue weighted by atomic mass is 16.1. The van der Waals surface area contributed by atoms with E-state index < -0.39 is 5.91 Å². The monoisotopic (exact) mass is 365 g/mol. The number of H-pyrrole nitrogens is 1. The number of primary amides is 1. The molecular formula is C20H23N5O2. The molecule has 27 heavy (non-hydrogen) atoms. The Hall–Kier alpha value is -3.16. The molecule has 0 spiro atoms. The van der Waals surface area contributed by atoms with Gasteiger partial charge in [0.05, 0.1) is 5.56 Å². The molecule has 1 aromatic heterocycles. The lowest BCUT2D eigenvalue weighted by Crippen LogP contribution is -2.31. The van der Waals surface area contributed by atoms with E-state index in [-0.39, 0.29) is 17.4 Å². The minimum atomic E-state index is -0.661. The number of rotatable bonds is 6. The third-order valence-electron chi connectivity index (χ3n) is 4.72. The average molecular weight is 365 g/mol. The normalized spacial score (nSPS) is 12.3. The molecule has 1 atom stereocenters. The predicted octanol–water partition coefficient (Wildman–Crippen LogP) is 2.43. The third kappa shape index (κ3) is 3.42. The fourth-order valence-corrected chi connectivity index (χ4v) is 3.17. The lowest BCUT2D eigenvalue weighted by molar-refractivity contribution is -0.107. The molecule has 0 fully saturated rings. The molecule has 7 N–H and O–H groups in total. The number of hydrogen-bond donors (Lipinski definition) is 4. The molecule has 0 aliphatic rings. The van der Waals surface area contributed by atoms with Gasteiger partial charge in [0.15, 0.2) is 0 Å². The summed E-state index contributed by atoms with van der Waals surface area (Å²) in [5.41, 5.74) is 15.6. The summed E-state index contributed by atoms with van der Waals surface area (Å²) in [6.45, 7) is 4.17. The SMILES string of the molecule is CC(C)C(N)c1cccc(-c2ccc3c(C(N)=O)c(N(N)C=O)[nH]c3c2)c1. The smallest absolute Gasteiger partial charge is 0.253 e. The van der Waals surface area contributed by atoms with Crippen molar-refractivity contribution in [2.45, 2.75) is 19.9 Å². The summed E-state index contributed by atoms with van der Waals surface area (Å²) in [4.78, 5) is 25.9. The van der Waals surface area contributed by atoms with Crippen LogP contribution in [0.15, 0.2) is 42.5 Å². The van der Waals surface area contributed by atoms with Crippen molar-refractivity contribution in [2.24, 2.45) is 23.2 Å². The second kappa shape index (κ2) is 7.22. The molecule has 3 aromatic rings. The molecule has 3 rings (SSSR count). The van der Waals surface area contributed by atoms with E-state index >= 15 is 0 Å². The second-order valence-corrected chi connectivity index (χ2v) is 6.88. The van der Waals surface area contributed by atoms with Crippen LogP contribution in [-0.2, 0) is 4.79 Å². The molecule has 0 aliphatic carbocycles. The zero-order valence-corrected chi connectivity index (χ0v) is 15.3. The molecule has 0 aliphatic heterocycles. The summed E-state index contributed by atoms with van der Waals surface area (Å²) in [7, 11) is 0. The number of aromatic nitrogens is 1. The van der Waals surface area contributed by atoms with E-state index in [9.17, 15) is 9.59 Å². The Bertz CT molecular complexity index is 1010. The Balaban J connectivity index is 2.11. The van der Waals surface area contributed by atoms with Crippen LogP contribution >= 0.6 is 0 Å². The molecule has 2 amide bonds. The minimum absolute atomic E-state index is 0.0503. The van der Waals surface area contributed by atoms with Gasteiger partial charge in [0.25, 0.3) is 5.91 Å². The first-order valence-corrected chi connectivity index (χ1v) is 8.64. The number of carbonyl (C=O) groups excluding carboxylic acids is 2. The highest BCUT2D eigenvalue weighted by molar-refractivity contribution is 6.12. The lowest BCUT2D eigenvalue weighted by atomic mass is 9.93. The fourth-order valence-electron chi connectivity index (χ4n) is 3.17. The van der Waals surface area contributed by atoms with Gasteiger partial charge in [-0.05, 0) is 34.7 Å². The number of nitrogens with two attached hydrogens (primary N) is 3. The van der Waals surface area contributed by atoms with E-state index in [1.807, 2.05) is 30.3 Å². The first-order chi connectivity index (χ1) is 12.8. The molecule has 0 bridgehead atoms. The molecule has 1 heterocycles. The topological polar surface area (TPSA) is 131 Å². The number of hydrogen-bond acceptors (Lipinski definition) is 4. The van der Waals surface area contributed by atoms with Crippen molar-refractivity contribution in [2.75, 3.05) is 5.01 Å². The van der Waals surface area contributed by atoms with Crippen LogP contribution < -0.4 is 22.3 Å². The van der Waals surface area contributed by atoms with E-state index in [1.54, 1.807) is 6.07 Å². The van der Waals surface area contributed by atoms with Crippen LogP contribution in [-0.4, -0.2) is 17.3 Å². The predicted molar refractivity (Wildman–Crippen MR) is 107 cm³/mol. The van der Waals surface area contributed by atoms with Crippen LogP contribution in [0.2, 0.25) is 0 Å². The number of amides is 2. The van der Waals surface area contributed by atoms with Gasteiger partial charge in [-0.1, -0.05) is 44.2 Å². The van der Waals surface area contributed by atoms with Gasteiger partial charge in [0, 0.05) is 16.9 Å².